The van der Waals surface area contributed by atoms with Gasteiger partial charge in [0, 0.05) is 23.5 Å². The first-order valence-electron chi connectivity index (χ1n) is 6.71. The Labute approximate surface area is 119 Å². The summed E-state index contributed by atoms with van der Waals surface area (Å²) >= 11 is 0. The van der Waals surface area contributed by atoms with Crippen molar-refractivity contribution in [3.8, 4) is 0 Å². The smallest absolute Gasteiger partial charge is 0.248 e. The lowest BCUT2D eigenvalue weighted by Crippen LogP contribution is -2.34. The monoisotopic (exact) mass is 296 g/mol. The highest BCUT2D eigenvalue weighted by Crippen LogP contribution is 2.26. The molecule has 1 aliphatic carbocycles. The van der Waals surface area contributed by atoms with E-state index in [2.05, 4.69) is 5.32 Å². The number of sulfone groups is 1. The summed E-state index contributed by atoms with van der Waals surface area (Å²) in [5.74, 6) is -0.452. The van der Waals surface area contributed by atoms with Gasteiger partial charge in [0.2, 0.25) is 5.91 Å². The fourth-order valence-corrected chi connectivity index (χ4v) is 3.81. The van der Waals surface area contributed by atoms with Gasteiger partial charge in [0.15, 0.2) is 0 Å². The SMILES string of the molecule is CS(=O)(=O)C1CCCC(Nc2ccc(C(N)=O)cc2)C1. The molecule has 1 amide bonds. The standard InChI is InChI=1S/C14H20N2O3S/c1-20(18,19)13-4-2-3-12(9-13)16-11-7-5-10(6-8-11)14(15)17/h5-8,12-13,16H,2-4,9H2,1H3,(H2,15,17). The maximum Gasteiger partial charge on any atom is 0.248 e. The van der Waals surface area contributed by atoms with Crippen molar-refractivity contribution in [1.29, 1.82) is 0 Å². The molecule has 0 aromatic heterocycles. The Kier molecular flexibility index (Phi) is 4.32. The number of primary amides is 1. The highest BCUT2D eigenvalue weighted by Gasteiger charge is 2.28. The van der Waals surface area contributed by atoms with Gasteiger partial charge in [-0.3, -0.25) is 4.79 Å². The number of amides is 1. The molecular weight excluding hydrogens is 276 g/mol. The zero-order valence-corrected chi connectivity index (χ0v) is 12.3. The van der Waals surface area contributed by atoms with Crippen LogP contribution in [0.4, 0.5) is 5.69 Å². The minimum Gasteiger partial charge on any atom is -0.382 e. The molecule has 2 atom stereocenters. The van der Waals surface area contributed by atoms with Crippen molar-refractivity contribution in [1.82, 2.24) is 0 Å². The molecule has 1 saturated carbocycles. The van der Waals surface area contributed by atoms with Crippen LogP contribution in [0.25, 0.3) is 0 Å². The highest BCUT2D eigenvalue weighted by atomic mass is 32.2. The lowest BCUT2D eigenvalue weighted by Gasteiger charge is -2.29. The largest absolute Gasteiger partial charge is 0.382 e. The Hall–Kier alpha value is -1.56. The molecule has 110 valence electrons. The average Bonchev–Trinajstić information content (AvgIpc) is 2.38. The van der Waals surface area contributed by atoms with E-state index in [0.717, 1.165) is 24.9 Å². The van der Waals surface area contributed by atoms with E-state index in [9.17, 15) is 13.2 Å². The molecule has 1 fully saturated rings. The van der Waals surface area contributed by atoms with Crippen LogP contribution in [-0.2, 0) is 9.84 Å². The second kappa shape index (κ2) is 5.83. The summed E-state index contributed by atoms with van der Waals surface area (Å²) in [5.41, 5.74) is 6.54. The Bertz CT molecular complexity index is 581. The number of nitrogens with two attached hydrogens (primary N) is 1. The first-order chi connectivity index (χ1) is 9.36. The number of anilines is 1. The summed E-state index contributed by atoms with van der Waals surface area (Å²) in [6.07, 6.45) is 4.56. The fourth-order valence-electron chi connectivity index (χ4n) is 2.63. The Morgan fingerprint density at radius 3 is 2.45 bits per heavy atom. The first-order valence-corrected chi connectivity index (χ1v) is 8.67. The predicted molar refractivity (Wildman–Crippen MR) is 79.5 cm³/mol. The summed E-state index contributed by atoms with van der Waals surface area (Å²) < 4.78 is 23.2. The number of hydrogen-bond donors (Lipinski definition) is 2. The summed E-state index contributed by atoms with van der Waals surface area (Å²) in [6.45, 7) is 0. The summed E-state index contributed by atoms with van der Waals surface area (Å²) in [4.78, 5) is 11.0. The Morgan fingerprint density at radius 2 is 1.90 bits per heavy atom. The molecule has 0 heterocycles. The quantitative estimate of drug-likeness (QED) is 0.882. The molecular formula is C14H20N2O3S. The molecule has 2 unspecified atom stereocenters. The maximum absolute atomic E-state index is 11.6. The van der Waals surface area contributed by atoms with Crippen molar-refractivity contribution in [3.05, 3.63) is 29.8 Å². The van der Waals surface area contributed by atoms with Gasteiger partial charge >= 0.3 is 0 Å². The lowest BCUT2D eigenvalue weighted by molar-refractivity contribution is 0.100. The third-order valence-corrected chi connectivity index (χ3v) is 5.41. The average molecular weight is 296 g/mol. The van der Waals surface area contributed by atoms with Gasteiger partial charge in [-0.05, 0) is 43.5 Å². The van der Waals surface area contributed by atoms with Crippen molar-refractivity contribution in [2.24, 2.45) is 5.73 Å². The lowest BCUT2D eigenvalue weighted by atomic mass is 9.94. The number of hydrogen-bond acceptors (Lipinski definition) is 4. The molecule has 0 aliphatic heterocycles. The van der Waals surface area contributed by atoms with E-state index >= 15 is 0 Å². The molecule has 0 bridgehead atoms. The topological polar surface area (TPSA) is 89.3 Å². The zero-order chi connectivity index (χ0) is 14.8. The van der Waals surface area contributed by atoms with Crippen LogP contribution in [0.15, 0.2) is 24.3 Å². The van der Waals surface area contributed by atoms with Crippen LogP contribution >= 0.6 is 0 Å². The Balaban J connectivity index is 2.01. The van der Waals surface area contributed by atoms with Crippen LogP contribution < -0.4 is 11.1 Å². The number of carbonyl (C=O) groups excluding carboxylic acids is 1. The molecule has 1 aromatic carbocycles. The molecule has 0 radical (unpaired) electrons. The minimum absolute atomic E-state index is 0.155. The molecule has 0 spiro atoms. The minimum atomic E-state index is -2.97. The van der Waals surface area contributed by atoms with E-state index in [4.69, 9.17) is 5.73 Å². The summed E-state index contributed by atoms with van der Waals surface area (Å²) in [5, 5.41) is 3.08. The van der Waals surface area contributed by atoms with E-state index in [0.29, 0.717) is 12.0 Å². The van der Waals surface area contributed by atoms with E-state index in [1.807, 2.05) is 0 Å². The number of nitrogens with one attached hydrogen (secondary N) is 1. The fraction of sp³-hybridized carbons (Fsp3) is 0.500. The van der Waals surface area contributed by atoms with Crippen molar-refractivity contribution in [2.75, 3.05) is 11.6 Å². The predicted octanol–water partition coefficient (Wildman–Crippen LogP) is 1.55. The van der Waals surface area contributed by atoms with Crippen LogP contribution in [-0.4, -0.2) is 31.9 Å². The molecule has 2 rings (SSSR count). The maximum atomic E-state index is 11.6. The van der Waals surface area contributed by atoms with Gasteiger partial charge in [0.1, 0.15) is 9.84 Å². The number of rotatable bonds is 4. The van der Waals surface area contributed by atoms with Gasteiger partial charge in [0.25, 0.3) is 0 Å². The van der Waals surface area contributed by atoms with E-state index in [1.54, 1.807) is 24.3 Å². The van der Waals surface area contributed by atoms with Gasteiger partial charge in [-0.25, -0.2) is 8.42 Å². The summed E-state index contributed by atoms with van der Waals surface area (Å²) in [6, 6.07) is 7.08. The second-order valence-electron chi connectivity index (χ2n) is 5.40. The molecule has 3 N–H and O–H groups in total. The first kappa shape index (κ1) is 14.8. The Morgan fingerprint density at radius 1 is 1.25 bits per heavy atom. The van der Waals surface area contributed by atoms with Gasteiger partial charge in [0.05, 0.1) is 5.25 Å². The molecule has 1 aromatic rings. The van der Waals surface area contributed by atoms with Crippen molar-refractivity contribution in [3.63, 3.8) is 0 Å². The molecule has 6 heteroatoms. The van der Waals surface area contributed by atoms with Crippen molar-refractivity contribution < 1.29 is 13.2 Å². The van der Waals surface area contributed by atoms with E-state index in [-0.39, 0.29) is 11.3 Å². The number of benzene rings is 1. The number of carbonyl (C=O) groups is 1. The van der Waals surface area contributed by atoms with Gasteiger partial charge in [-0.1, -0.05) is 6.42 Å². The third-order valence-electron chi connectivity index (χ3n) is 3.77. The van der Waals surface area contributed by atoms with Crippen LogP contribution in [0.2, 0.25) is 0 Å². The molecule has 1 aliphatic rings. The van der Waals surface area contributed by atoms with Crippen molar-refractivity contribution in [2.45, 2.75) is 37.0 Å². The van der Waals surface area contributed by atoms with Crippen LogP contribution in [0.3, 0.4) is 0 Å². The van der Waals surface area contributed by atoms with Crippen LogP contribution in [0.1, 0.15) is 36.0 Å². The van der Waals surface area contributed by atoms with Gasteiger partial charge in [-0.2, -0.15) is 0 Å². The molecule has 0 saturated heterocycles. The third kappa shape index (κ3) is 3.72. The van der Waals surface area contributed by atoms with Crippen LogP contribution in [0.5, 0.6) is 0 Å². The normalized spacial score (nSPS) is 23.2. The van der Waals surface area contributed by atoms with Gasteiger partial charge < -0.3 is 11.1 Å². The molecule has 20 heavy (non-hydrogen) atoms. The molecule has 5 nitrogen and oxygen atoms in total. The van der Waals surface area contributed by atoms with Crippen LogP contribution in [0, 0.1) is 0 Å². The van der Waals surface area contributed by atoms with E-state index in [1.165, 1.54) is 6.26 Å². The van der Waals surface area contributed by atoms with E-state index < -0.39 is 15.7 Å². The second-order valence-corrected chi connectivity index (χ2v) is 7.73. The highest BCUT2D eigenvalue weighted by molar-refractivity contribution is 7.91. The summed E-state index contributed by atoms with van der Waals surface area (Å²) in [7, 11) is -2.97. The van der Waals surface area contributed by atoms with Gasteiger partial charge in [-0.15, -0.1) is 0 Å². The zero-order valence-electron chi connectivity index (χ0n) is 11.5. The van der Waals surface area contributed by atoms with Crippen molar-refractivity contribution >= 4 is 21.4 Å².